The fourth-order valence-corrected chi connectivity index (χ4v) is 3.61. The lowest BCUT2D eigenvalue weighted by atomic mass is 10.1. The molecule has 8 heteroatoms. The maximum Gasteiger partial charge on any atom is 0.255 e. The molecule has 0 spiro atoms. The Bertz CT molecular complexity index is 1120. The number of carbonyl (C=O) groups is 1. The van der Waals surface area contributed by atoms with Gasteiger partial charge in [0.1, 0.15) is 0 Å². The third-order valence-electron chi connectivity index (χ3n) is 3.88. The molecule has 0 saturated heterocycles. The molecule has 2 aromatic carbocycles. The fourth-order valence-electron chi connectivity index (χ4n) is 2.45. The fraction of sp³-hybridized carbons (Fsp3) is 0.0500. The van der Waals surface area contributed by atoms with E-state index in [1.165, 1.54) is 12.1 Å². The number of nitrogens with one attached hydrogen (secondary N) is 2. The van der Waals surface area contributed by atoms with Gasteiger partial charge in [-0.05, 0) is 29.8 Å². The quantitative estimate of drug-likeness (QED) is 0.629. The SMILES string of the molecule is [C-]#[N+]c1ccccc1S(=O)(=O)NCc1ccc(C(=O)Nc2cccnc2)cc1. The van der Waals surface area contributed by atoms with Crippen molar-refractivity contribution in [1.82, 2.24) is 9.71 Å². The van der Waals surface area contributed by atoms with E-state index in [1.54, 1.807) is 60.9 Å². The summed E-state index contributed by atoms with van der Waals surface area (Å²) in [6, 6.07) is 16.0. The molecule has 0 aliphatic heterocycles. The minimum atomic E-state index is -3.82. The lowest BCUT2D eigenvalue weighted by Gasteiger charge is -2.09. The maximum absolute atomic E-state index is 12.4. The number of para-hydroxylation sites is 1. The van der Waals surface area contributed by atoms with Crippen LogP contribution in [0.1, 0.15) is 15.9 Å². The van der Waals surface area contributed by atoms with E-state index < -0.39 is 10.0 Å². The number of sulfonamides is 1. The van der Waals surface area contributed by atoms with Gasteiger partial charge in [-0.3, -0.25) is 9.78 Å². The first-order valence-electron chi connectivity index (χ1n) is 8.26. The maximum atomic E-state index is 12.4. The molecule has 0 saturated carbocycles. The molecule has 0 unspecified atom stereocenters. The van der Waals surface area contributed by atoms with Crippen LogP contribution in [0.3, 0.4) is 0 Å². The zero-order chi connectivity index (χ0) is 20.0. The van der Waals surface area contributed by atoms with Crippen LogP contribution in [0, 0.1) is 6.57 Å². The van der Waals surface area contributed by atoms with E-state index in [4.69, 9.17) is 6.57 Å². The van der Waals surface area contributed by atoms with Crippen LogP contribution in [0.15, 0.2) is 78.0 Å². The molecule has 0 aliphatic rings. The molecule has 0 atom stereocenters. The molecule has 7 nitrogen and oxygen atoms in total. The summed E-state index contributed by atoms with van der Waals surface area (Å²) in [7, 11) is -3.82. The molecule has 140 valence electrons. The Morgan fingerprint density at radius 1 is 1.04 bits per heavy atom. The van der Waals surface area contributed by atoms with Crippen LogP contribution in [0.2, 0.25) is 0 Å². The van der Waals surface area contributed by atoms with Crippen molar-refractivity contribution in [2.24, 2.45) is 0 Å². The van der Waals surface area contributed by atoms with Crippen molar-refractivity contribution in [3.63, 3.8) is 0 Å². The van der Waals surface area contributed by atoms with Crippen molar-refractivity contribution in [3.05, 3.63) is 95.6 Å². The highest BCUT2D eigenvalue weighted by Crippen LogP contribution is 2.23. The number of hydrogen-bond acceptors (Lipinski definition) is 4. The average Bonchev–Trinajstić information content (AvgIpc) is 2.73. The number of amides is 1. The molecule has 3 rings (SSSR count). The summed E-state index contributed by atoms with van der Waals surface area (Å²) >= 11 is 0. The molecule has 3 aromatic rings. The summed E-state index contributed by atoms with van der Waals surface area (Å²) in [5, 5.41) is 2.73. The van der Waals surface area contributed by atoms with E-state index in [-0.39, 0.29) is 23.0 Å². The number of benzene rings is 2. The Morgan fingerprint density at radius 3 is 2.46 bits per heavy atom. The zero-order valence-corrected chi connectivity index (χ0v) is 15.5. The number of rotatable bonds is 6. The first kappa shape index (κ1) is 19.2. The summed E-state index contributed by atoms with van der Waals surface area (Å²) in [4.78, 5) is 19.3. The summed E-state index contributed by atoms with van der Waals surface area (Å²) in [5.41, 5.74) is 1.77. The Balaban J connectivity index is 1.66. The van der Waals surface area contributed by atoms with Gasteiger partial charge in [0.15, 0.2) is 0 Å². The van der Waals surface area contributed by atoms with Gasteiger partial charge in [0.2, 0.25) is 15.7 Å². The third-order valence-corrected chi connectivity index (χ3v) is 5.33. The molecule has 1 amide bonds. The zero-order valence-electron chi connectivity index (χ0n) is 14.7. The van der Waals surface area contributed by atoms with Crippen molar-refractivity contribution in [2.75, 3.05) is 5.32 Å². The van der Waals surface area contributed by atoms with E-state index in [9.17, 15) is 13.2 Å². The second kappa shape index (κ2) is 8.43. The Kier molecular flexibility index (Phi) is 5.79. The van der Waals surface area contributed by atoms with E-state index in [1.807, 2.05) is 0 Å². The molecular weight excluding hydrogens is 376 g/mol. The Hall–Kier alpha value is -3.54. The van der Waals surface area contributed by atoms with Crippen LogP contribution in [-0.2, 0) is 16.6 Å². The van der Waals surface area contributed by atoms with Gasteiger partial charge in [-0.2, -0.15) is 0 Å². The van der Waals surface area contributed by atoms with Crippen LogP contribution in [0.25, 0.3) is 4.85 Å². The van der Waals surface area contributed by atoms with Gasteiger partial charge in [-0.15, -0.1) is 0 Å². The van der Waals surface area contributed by atoms with Gasteiger partial charge in [0, 0.05) is 18.3 Å². The Morgan fingerprint density at radius 2 is 1.79 bits per heavy atom. The molecule has 1 aromatic heterocycles. The van der Waals surface area contributed by atoms with Crippen LogP contribution < -0.4 is 10.0 Å². The van der Waals surface area contributed by atoms with E-state index in [0.717, 1.165) is 0 Å². The lowest BCUT2D eigenvalue weighted by Crippen LogP contribution is -2.23. The standard InChI is InChI=1S/C20H16N4O3S/c1-21-18-6-2-3-7-19(18)28(26,27)23-13-15-8-10-16(11-9-15)20(25)24-17-5-4-12-22-14-17/h2-12,14,23H,13H2,(H,24,25). The van der Waals surface area contributed by atoms with Crippen molar-refractivity contribution in [2.45, 2.75) is 11.4 Å². The lowest BCUT2D eigenvalue weighted by molar-refractivity contribution is 0.102. The number of nitrogens with zero attached hydrogens (tertiary/aromatic N) is 2. The summed E-state index contributed by atoms with van der Waals surface area (Å²) in [6.45, 7) is 7.14. The highest BCUT2D eigenvalue weighted by molar-refractivity contribution is 7.89. The number of aromatic nitrogens is 1. The molecule has 0 fully saturated rings. The summed E-state index contributed by atoms with van der Waals surface area (Å²) < 4.78 is 27.4. The highest BCUT2D eigenvalue weighted by Gasteiger charge is 2.17. The molecular formula is C20H16N4O3S. The molecule has 1 heterocycles. The normalized spacial score (nSPS) is 10.8. The van der Waals surface area contributed by atoms with Gasteiger partial charge in [0.05, 0.1) is 23.4 Å². The van der Waals surface area contributed by atoms with Gasteiger partial charge >= 0.3 is 0 Å². The van der Waals surface area contributed by atoms with Crippen molar-refractivity contribution >= 4 is 27.3 Å². The molecule has 0 aliphatic carbocycles. The molecule has 28 heavy (non-hydrogen) atoms. The van der Waals surface area contributed by atoms with Crippen LogP contribution in [-0.4, -0.2) is 19.3 Å². The van der Waals surface area contributed by atoms with E-state index in [0.29, 0.717) is 16.8 Å². The predicted molar refractivity (Wildman–Crippen MR) is 105 cm³/mol. The molecule has 0 radical (unpaired) electrons. The Labute approximate surface area is 162 Å². The second-order valence-electron chi connectivity index (χ2n) is 5.80. The monoisotopic (exact) mass is 392 g/mol. The van der Waals surface area contributed by atoms with Crippen molar-refractivity contribution in [3.8, 4) is 0 Å². The second-order valence-corrected chi connectivity index (χ2v) is 7.53. The first-order chi connectivity index (χ1) is 13.5. The number of carbonyl (C=O) groups excluding carboxylic acids is 1. The molecule has 0 bridgehead atoms. The first-order valence-corrected chi connectivity index (χ1v) is 9.74. The minimum Gasteiger partial charge on any atom is -0.321 e. The minimum absolute atomic E-state index is 0.0408. The summed E-state index contributed by atoms with van der Waals surface area (Å²) in [5.74, 6) is -0.286. The predicted octanol–water partition coefficient (Wildman–Crippen LogP) is 3.36. The van der Waals surface area contributed by atoms with Gasteiger partial charge < -0.3 is 5.32 Å². The highest BCUT2D eigenvalue weighted by atomic mass is 32.2. The summed E-state index contributed by atoms with van der Waals surface area (Å²) in [6.07, 6.45) is 3.16. The van der Waals surface area contributed by atoms with Crippen molar-refractivity contribution < 1.29 is 13.2 Å². The van der Waals surface area contributed by atoms with Crippen LogP contribution in [0.5, 0.6) is 0 Å². The average molecular weight is 392 g/mol. The number of anilines is 1. The van der Waals surface area contributed by atoms with Gasteiger partial charge in [0.25, 0.3) is 5.91 Å². The van der Waals surface area contributed by atoms with Gasteiger partial charge in [-0.1, -0.05) is 36.4 Å². The number of hydrogen-bond donors (Lipinski definition) is 2. The van der Waals surface area contributed by atoms with Crippen LogP contribution in [0.4, 0.5) is 11.4 Å². The third kappa shape index (κ3) is 4.59. The molecule has 2 N–H and O–H groups in total. The van der Waals surface area contributed by atoms with Crippen molar-refractivity contribution in [1.29, 1.82) is 0 Å². The topological polar surface area (TPSA) is 92.5 Å². The number of pyridine rings is 1. The largest absolute Gasteiger partial charge is 0.321 e. The van der Waals surface area contributed by atoms with E-state index in [2.05, 4.69) is 19.9 Å². The smallest absolute Gasteiger partial charge is 0.255 e. The van der Waals surface area contributed by atoms with E-state index >= 15 is 0 Å². The van der Waals surface area contributed by atoms with Gasteiger partial charge in [-0.25, -0.2) is 18.0 Å². The van der Waals surface area contributed by atoms with Crippen LogP contribution >= 0.6 is 0 Å².